The Morgan fingerprint density at radius 2 is 1.31 bits per heavy atom. The normalized spacial score (nSPS) is 16.9. The molecule has 0 bridgehead atoms. The number of aliphatic hydroxyl groups is 1. The second-order valence-corrected chi connectivity index (χ2v) is 9.91. The van der Waals surface area contributed by atoms with Crippen LogP contribution in [0.2, 0.25) is 0 Å². The minimum atomic E-state index is -1.23. The lowest BCUT2D eigenvalue weighted by molar-refractivity contribution is -0.145. The molecular formula is C28H56N2O5. The maximum atomic E-state index is 12.2. The summed E-state index contributed by atoms with van der Waals surface area (Å²) in [6.07, 6.45) is 21.0. The summed E-state index contributed by atoms with van der Waals surface area (Å²) in [5, 5.41) is 18.9. The van der Waals surface area contributed by atoms with Gasteiger partial charge in [-0.25, -0.2) is 4.79 Å². The van der Waals surface area contributed by atoms with E-state index in [-0.39, 0.29) is 12.1 Å². The van der Waals surface area contributed by atoms with Crippen molar-refractivity contribution in [3.63, 3.8) is 0 Å². The third-order valence-electron chi connectivity index (χ3n) is 6.44. The lowest BCUT2D eigenvalue weighted by Crippen LogP contribution is -2.55. The third-order valence-corrected chi connectivity index (χ3v) is 6.44. The van der Waals surface area contributed by atoms with E-state index in [2.05, 4.69) is 24.1 Å². The number of nitrogens with zero attached hydrogens (tertiary/aromatic N) is 1. The zero-order valence-corrected chi connectivity index (χ0v) is 23.1. The highest BCUT2D eigenvalue weighted by atomic mass is 16.5. The van der Waals surface area contributed by atoms with Crippen LogP contribution in [0, 0.1) is 0 Å². The quantitative estimate of drug-likeness (QED) is 0.180. The number of carboxylic acid groups (broad SMARTS) is 1. The van der Waals surface area contributed by atoms with Gasteiger partial charge in [-0.05, 0) is 26.3 Å². The number of amides is 1. The highest BCUT2D eigenvalue weighted by molar-refractivity contribution is 5.76. The van der Waals surface area contributed by atoms with Crippen LogP contribution in [0.15, 0.2) is 0 Å². The molecule has 35 heavy (non-hydrogen) atoms. The van der Waals surface area contributed by atoms with Crippen molar-refractivity contribution in [2.45, 2.75) is 142 Å². The predicted octanol–water partition coefficient (Wildman–Crippen LogP) is 5.88. The second kappa shape index (κ2) is 24.5. The van der Waals surface area contributed by atoms with Crippen molar-refractivity contribution in [1.29, 1.82) is 0 Å². The van der Waals surface area contributed by atoms with Gasteiger partial charge in [0.15, 0.2) is 0 Å². The summed E-state index contributed by atoms with van der Waals surface area (Å²) in [7, 11) is 0. The van der Waals surface area contributed by atoms with Gasteiger partial charge in [0.2, 0.25) is 5.91 Å². The molecule has 1 aliphatic rings. The zero-order chi connectivity index (χ0) is 26.2. The molecule has 0 aromatic heterocycles. The van der Waals surface area contributed by atoms with Gasteiger partial charge < -0.3 is 20.3 Å². The van der Waals surface area contributed by atoms with Gasteiger partial charge in [0, 0.05) is 13.0 Å². The zero-order valence-electron chi connectivity index (χ0n) is 23.1. The number of aliphatic carboxylic acids is 1. The van der Waals surface area contributed by atoms with Crippen LogP contribution >= 0.6 is 0 Å². The Hall–Kier alpha value is -1.18. The van der Waals surface area contributed by atoms with E-state index in [4.69, 9.17) is 14.9 Å². The van der Waals surface area contributed by atoms with Gasteiger partial charge >= 0.3 is 5.97 Å². The highest BCUT2D eigenvalue weighted by Crippen LogP contribution is 2.14. The average molecular weight is 501 g/mol. The molecule has 7 heteroatoms. The van der Waals surface area contributed by atoms with E-state index in [1.807, 2.05) is 0 Å². The number of carboxylic acids is 1. The molecule has 1 saturated heterocycles. The number of rotatable bonds is 20. The molecule has 1 fully saturated rings. The first-order valence-corrected chi connectivity index (χ1v) is 14.4. The number of hydrogen-bond acceptors (Lipinski definition) is 5. The van der Waals surface area contributed by atoms with E-state index in [0.717, 1.165) is 32.5 Å². The summed E-state index contributed by atoms with van der Waals surface area (Å²) in [4.78, 5) is 24.0. The van der Waals surface area contributed by atoms with Crippen molar-refractivity contribution >= 4 is 11.9 Å². The SMILES string of the molecule is CC(O)C(=O)O.CCCCCCCCCCCCCCCCCC(=O)NC1COCCN1CCC. The molecule has 2 unspecified atom stereocenters. The van der Waals surface area contributed by atoms with Crippen molar-refractivity contribution in [2.75, 3.05) is 26.3 Å². The molecule has 1 amide bonds. The number of unbranched alkanes of at least 4 members (excludes halogenated alkanes) is 14. The number of carbonyl (C=O) groups excluding carboxylic acids is 1. The molecule has 0 spiro atoms. The molecule has 2 atom stereocenters. The van der Waals surface area contributed by atoms with E-state index in [9.17, 15) is 9.59 Å². The van der Waals surface area contributed by atoms with Crippen LogP contribution in [-0.2, 0) is 14.3 Å². The summed E-state index contributed by atoms with van der Waals surface area (Å²) >= 11 is 0. The Balaban J connectivity index is 0.00000170. The van der Waals surface area contributed by atoms with Gasteiger partial charge in [0.05, 0.1) is 13.2 Å². The lowest BCUT2D eigenvalue weighted by Gasteiger charge is -2.35. The maximum Gasteiger partial charge on any atom is 0.332 e. The monoisotopic (exact) mass is 500 g/mol. The first-order valence-electron chi connectivity index (χ1n) is 14.4. The summed E-state index contributed by atoms with van der Waals surface area (Å²) < 4.78 is 5.53. The molecule has 1 heterocycles. The standard InChI is InChI=1S/C25H50N2O2.C3H6O3/c1-3-5-6-7-8-9-10-11-12-13-14-15-16-17-18-19-25(28)26-24-23-29-22-21-27(24)20-4-2;1-2(4)3(5)6/h24H,3-23H2,1-2H3,(H,26,28);2,4H,1H3,(H,5,6). The average Bonchev–Trinajstić information content (AvgIpc) is 2.83. The Kier molecular flexibility index (Phi) is 23.7. The number of nitrogens with one attached hydrogen (secondary N) is 1. The molecule has 0 saturated carbocycles. The topological polar surface area (TPSA) is 99.1 Å². The van der Waals surface area contributed by atoms with Crippen LogP contribution in [0.1, 0.15) is 130 Å². The predicted molar refractivity (Wildman–Crippen MR) is 143 cm³/mol. The fourth-order valence-corrected chi connectivity index (χ4v) is 4.24. The van der Waals surface area contributed by atoms with E-state index < -0.39 is 12.1 Å². The summed E-state index contributed by atoms with van der Waals surface area (Å²) in [5.41, 5.74) is 0. The number of hydrogen-bond donors (Lipinski definition) is 3. The minimum Gasteiger partial charge on any atom is -0.479 e. The van der Waals surface area contributed by atoms with Crippen LogP contribution in [0.25, 0.3) is 0 Å². The molecule has 208 valence electrons. The van der Waals surface area contributed by atoms with Gasteiger partial charge in [-0.1, -0.05) is 104 Å². The first kappa shape index (κ1) is 33.8. The number of aliphatic hydroxyl groups excluding tert-OH is 1. The molecule has 0 aromatic carbocycles. The fourth-order valence-electron chi connectivity index (χ4n) is 4.24. The second-order valence-electron chi connectivity index (χ2n) is 9.91. The smallest absolute Gasteiger partial charge is 0.332 e. The van der Waals surface area contributed by atoms with E-state index >= 15 is 0 Å². The molecule has 0 aliphatic carbocycles. The Morgan fingerprint density at radius 3 is 1.74 bits per heavy atom. The molecule has 7 nitrogen and oxygen atoms in total. The number of ether oxygens (including phenoxy) is 1. The molecule has 0 radical (unpaired) electrons. The van der Waals surface area contributed by atoms with Crippen molar-refractivity contribution in [3.05, 3.63) is 0 Å². The Morgan fingerprint density at radius 1 is 0.857 bits per heavy atom. The van der Waals surface area contributed by atoms with Gasteiger partial charge in [0.25, 0.3) is 0 Å². The van der Waals surface area contributed by atoms with Crippen molar-refractivity contribution < 1.29 is 24.5 Å². The summed E-state index contributed by atoms with van der Waals surface area (Å²) in [6, 6.07) is 0. The maximum absolute atomic E-state index is 12.2. The van der Waals surface area contributed by atoms with Gasteiger partial charge in [-0.2, -0.15) is 0 Å². The van der Waals surface area contributed by atoms with Crippen LogP contribution in [0.4, 0.5) is 0 Å². The first-order chi connectivity index (χ1) is 16.9. The molecule has 1 aliphatic heterocycles. The van der Waals surface area contributed by atoms with E-state index in [1.54, 1.807) is 0 Å². The van der Waals surface area contributed by atoms with Gasteiger partial charge in [-0.15, -0.1) is 0 Å². The minimum absolute atomic E-state index is 0.0764. The van der Waals surface area contributed by atoms with Gasteiger partial charge in [0.1, 0.15) is 12.3 Å². The van der Waals surface area contributed by atoms with Crippen molar-refractivity contribution in [2.24, 2.45) is 0 Å². The third kappa shape index (κ3) is 21.8. The van der Waals surface area contributed by atoms with E-state index in [1.165, 1.54) is 96.8 Å². The summed E-state index contributed by atoms with van der Waals surface area (Å²) in [5.74, 6) is -0.994. The van der Waals surface area contributed by atoms with Crippen LogP contribution < -0.4 is 5.32 Å². The molecule has 0 aromatic rings. The van der Waals surface area contributed by atoms with Crippen molar-refractivity contribution in [3.8, 4) is 0 Å². The van der Waals surface area contributed by atoms with Gasteiger partial charge in [-0.3, -0.25) is 9.69 Å². The van der Waals surface area contributed by atoms with Crippen LogP contribution in [-0.4, -0.2) is 65.6 Å². The Labute approximate surface area is 215 Å². The largest absolute Gasteiger partial charge is 0.479 e. The molecular weight excluding hydrogens is 444 g/mol. The summed E-state index contributed by atoms with van der Waals surface area (Å²) in [6.45, 7) is 9.04. The van der Waals surface area contributed by atoms with Crippen LogP contribution in [0.3, 0.4) is 0 Å². The van der Waals surface area contributed by atoms with E-state index in [0.29, 0.717) is 13.0 Å². The number of morpholine rings is 1. The molecule has 3 N–H and O–H groups in total. The lowest BCUT2D eigenvalue weighted by atomic mass is 10.0. The fraction of sp³-hybridized carbons (Fsp3) is 0.929. The number of carbonyl (C=O) groups is 2. The highest BCUT2D eigenvalue weighted by Gasteiger charge is 2.23. The molecule has 1 rings (SSSR count). The Bertz CT molecular complexity index is 500. The van der Waals surface area contributed by atoms with Crippen LogP contribution in [0.5, 0.6) is 0 Å². The van der Waals surface area contributed by atoms with Crippen molar-refractivity contribution in [1.82, 2.24) is 10.2 Å².